The molecule has 0 spiro atoms. The standard InChI is InChI=1S/C20H16BrN3O2/c21-18-9-2-1-8-17(18)20(26)23-12-14-5-3-7-16(11-14)24-19(25)15-6-4-10-22-13-15/h1-11,13H,12H2,(H,23,26)(H,24,25). The fourth-order valence-corrected chi connectivity index (χ4v) is 2.85. The quantitative estimate of drug-likeness (QED) is 0.668. The highest BCUT2D eigenvalue weighted by molar-refractivity contribution is 9.10. The molecule has 2 amide bonds. The number of carbonyl (C=O) groups excluding carboxylic acids is 2. The normalized spacial score (nSPS) is 10.2. The average molecular weight is 410 g/mol. The number of benzene rings is 2. The average Bonchev–Trinajstić information content (AvgIpc) is 2.67. The van der Waals surface area contributed by atoms with Crippen molar-refractivity contribution in [3.63, 3.8) is 0 Å². The molecule has 26 heavy (non-hydrogen) atoms. The molecular weight excluding hydrogens is 394 g/mol. The van der Waals surface area contributed by atoms with Crippen LogP contribution >= 0.6 is 15.9 Å². The van der Waals surface area contributed by atoms with Gasteiger partial charge in [-0.15, -0.1) is 0 Å². The van der Waals surface area contributed by atoms with Gasteiger partial charge in [0.2, 0.25) is 0 Å². The summed E-state index contributed by atoms with van der Waals surface area (Å²) in [5, 5.41) is 5.70. The summed E-state index contributed by atoms with van der Waals surface area (Å²) in [6, 6.07) is 18.0. The van der Waals surface area contributed by atoms with Crippen LogP contribution in [-0.2, 0) is 6.54 Å². The maximum absolute atomic E-state index is 12.3. The highest BCUT2D eigenvalue weighted by Gasteiger charge is 2.09. The van der Waals surface area contributed by atoms with Crippen LogP contribution in [0, 0.1) is 0 Å². The van der Waals surface area contributed by atoms with E-state index in [0.29, 0.717) is 23.4 Å². The van der Waals surface area contributed by atoms with Gasteiger partial charge in [0.05, 0.1) is 11.1 Å². The zero-order valence-corrected chi connectivity index (χ0v) is 15.4. The van der Waals surface area contributed by atoms with Crippen LogP contribution < -0.4 is 10.6 Å². The maximum atomic E-state index is 12.3. The van der Waals surface area contributed by atoms with Crippen LogP contribution in [0.15, 0.2) is 77.5 Å². The summed E-state index contributed by atoms with van der Waals surface area (Å²) in [6.45, 7) is 0.358. The van der Waals surface area contributed by atoms with Crippen molar-refractivity contribution in [2.24, 2.45) is 0 Å². The number of anilines is 1. The van der Waals surface area contributed by atoms with Crippen LogP contribution in [0.4, 0.5) is 5.69 Å². The van der Waals surface area contributed by atoms with E-state index in [1.165, 1.54) is 6.20 Å². The molecule has 0 unspecified atom stereocenters. The van der Waals surface area contributed by atoms with E-state index < -0.39 is 0 Å². The fraction of sp³-hybridized carbons (Fsp3) is 0.0500. The maximum Gasteiger partial charge on any atom is 0.257 e. The number of halogens is 1. The van der Waals surface area contributed by atoms with Crippen molar-refractivity contribution >= 4 is 33.4 Å². The van der Waals surface area contributed by atoms with Crippen molar-refractivity contribution in [2.45, 2.75) is 6.54 Å². The third-order valence-corrected chi connectivity index (χ3v) is 4.37. The monoisotopic (exact) mass is 409 g/mol. The number of hydrogen-bond donors (Lipinski definition) is 2. The topological polar surface area (TPSA) is 71.1 Å². The Hall–Kier alpha value is -2.99. The van der Waals surface area contributed by atoms with Gasteiger partial charge in [-0.3, -0.25) is 14.6 Å². The van der Waals surface area contributed by atoms with E-state index in [1.807, 2.05) is 36.4 Å². The number of pyridine rings is 1. The minimum Gasteiger partial charge on any atom is -0.348 e. The Morgan fingerprint density at radius 2 is 1.81 bits per heavy atom. The molecule has 0 saturated carbocycles. The van der Waals surface area contributed by atoms with Crippen molar-refractivity contribution in [1.29, 1.82) is 0 Å². The SMILES string of the molecule is O=C(Nc1cccc(CNC(=O)c2ccccc2Br)c1)c1cccnc1. The Labute approximate surface area is 159 Å². The Balaban J connectivity index is 1.63. The van der Waals surface area contributed by atoms with Gasteiger partial charge in [0.1, 0.15) is 0 Å². The second-order valence-corrected chi connectivity index (χ2v) is 6.41. The smallest absolute Gasteiger partial charge is 0.257 e. The second-order valence-electron chi connectivity index (χ2n) is 5.56. The molecule has 0 radical (unpaired) electrons. The largest absolute Gasteiger partial charge is 0.348 e. The Kier molecular flexibility index (Phi) is 5.76. The van der Waals surface area contributed by atoms with E-state index in [9.17, 15) is 9.59 Å². The van der Waals surface area contributed by atoms with E-state index in [-0.39, 0.29) is 11.8 Å². The van der Waals surface area contributed by atoms with Crippen LogP contribution in [0.5, 0.6) is 0 Å². The Bertz CT molecular complexity index is 929. The summed E-state index contributed by atoms with van der Waals surface area (Å²) >= 11 is 3.37. The van der Waals surface area contributed by atoms with Gasteiger partial charge in [0.25, 0.3) is 11.8 Å². The van der Waals surface area contributed by atoms with Gasteiger partial charge in [0.15, 0.2) is 0 Å². The summed E-state index contributed by atoms with van der Waals surface area (Å²) in [5.74, 6) is -0.394. The lowest BCUT2D eigenvalue weighted by molar-refractivity contribution is 0.0949. The van der Waals surface area contributed by atoms with E-state index in [1.54, 1.807) is 30.5 Å². The van der Waals surface area contributed by atoms with Gasteiger partial charge >= 0.3 is 0 Å². The molecule has 0 fully saturated rings. The first-order chi connectivity index (χ1) is 12.6. The van der Waals surface area contributed by atoms with Gasteiger partial charge < -0.3 is 10.6 Å². The third kappa shape index (κ3) is 4.55. The van der Waals surface area contributed by atoms with Crippen LogP contribution in [0.2, 0.25) is 0 Å². The fourth-order valence-electron chi connectivity index (χ4n) is 2.38. The minimum atomic E-state index is -0.229. The third-order valence-electron chi connectivity index (χ3n) is 3.68. The zero-order valence-electron chi connectivity index (χ0n) is 13.8. The first-order valence-corrected chi connectivity index (χ1v) is 8.76. The Morgan fingerprint density at radius 3 is 2.58 bits per heavy atom. The van der Waals surface area contributed by atoms with Crippen molar-refractivity contribution in [3.05, 3.63) is 94.2 Å². The van der Waals surface area contributed by atoms with Crippen LogP contribution in [0.1, 0.15) is 26.3 Å². The highest BCUT2D eigenvalue weighted by Crippen LogP contribution is 2.16. The number of hydrogen-bond acceptors (Lipinski definition) is 3. The van der Waals surface area contributed by atoms with Crippen molar-refractivity contribution in [3.8, 4) is 0 Å². The summed E-state index contributed by atoms with van der Waals surface area (Å²) in [5.41, 5.74) is 2.61. The molecule has 6 heteroatoms. The predicted molar refractivity (Wildman–Crippen MR) is 104 cm³/mol. The molecule has 2 aromatic carbocycles. The van der Waals surface area contributed by atoms with Crippen LogP contribution in [-0.4, -0.2) is 16.8 Å². The van der Waals surface area contributed by atoms with Crippen LogP contribution in [0.3, 0.4) is 0 Å². The first-order valence-electron chi connectivity index (χ1n) is 7.96. The van der Waals surface area contributed by atoms with Crippen molar-refractivity contribution in [1.82, 2.24) is 10.3 Å². The lowest BCUT2D eigenvalue weighted by Gasteiger charge is -2.09. The molecule has 0 aliphatic heterocycles. The Morgan fingerprint density at radius 1 is 0.962 bits per heavy atom. The molecular formula is C20H16BrN3O2. The summed E-state index contributed by atoms with van der Waals surface area (Å²) in [6.07, 6.45) is 3.13. The molecule has 0 aliphatic carbocycles. The number of carbonyl (C=O) groups is 2. The van der Waals surface area contributed by atoms with Gasteiger partial charge in [-0.2, -0.15) is 0 Å². The second kappa shape index (κ2) is 8.40. The molecule has 3 rings (SSSR count). The molecule has 0 saturated heterocycles. The molecule has 1 aromatic heterocycles. The number of rotatable bonds is 5. The summed E-state index contributed by atoms with van der Waals surface area (Å²) in [4.78, 5) is 28.4. The number of nitrogens with one attached hydrogen (secondary N) is 2. The van der Waals surface area contributed by atoms with Gasteiger partial charge in [-0.05, 0) is 57.9 Å². The summed E-state index contributed by atoms with van der Waals surface area (Å²) in [7, 11) is 0. The molecule has 3 aromatic rings. The molecule has 0 bridgehead atoms. The zero-order chi connectivity index (χ0) is 18.4. The molecule has 2 N–H and O–H groups in total. The van der Waals surface area contributed by atoms with Crippen molar-refractivity contribution in [2.75, 3.05) is 5.32 Å². The summed E-state index contributed by atoms with van der Waals surface area (Å²) < 4.78 is 0.745. The van der Waals surface area contributed by atoms with E-state index in [0.717, 1.165) is 10.0 Å². The lowest BCUT2D eigenvalue weighted by atomic mass is 10.1. The van der Waals surface area contributed by atoms with Gasteiger partial charge in [0, 0.05) is 29.1 Å². The predicted octanol–water partition coefficient (Wildman–Crippen LogP) is 4.03. The molecule has 0 atom stereocenters. The van der Waals surface area contributed by atoms with E-state index in [2.05, 4.69) is 31.5 Å². The van der Waals surface area contributed by atoms with Crippen molar-refractivity contribution < 1.29 is 9.59 Å². The number of amides is 2. The van der Waals surface area contributed by atoms with E-state index in [4.69, 9.17) is 0 Å². The van der Waals surface area contributed by atoms with Gasteiger partial charge in [-0.1, -0.05) is 24.3 Å². The highest BCUT2D eigenvalue weighted by atomic mass is 79.9. The van der Waals surface area contributed by atoms with Crippen LogP contribution in [0.25, 0.3) is 0 Å². The molecule has 0 aliphatic rings. The molecule has 5 nitrogen and oxygen atoms in total. The lowest BCUT2D eigenvalue weighted by Crippen LogP contribution is -2.23. The van der Waals surface area contributed by atoms with Gasteiger partial charge in [-0.25, -0.2) is 0 Å². The number of aromatic nitrogens is 1. The minimum absolute atomic E-state index is 0.165. The number of nitrogens with zero attached hydrogens (tertiary/aromatic N) is 1. The first kappa shape index (κ1) is 17.8. The molecule has 1 heterocycles. The molecule has 130 valence electrons. The van der Waals surface area contributed by atoms with E-state index >= 15 is 0 Å².